The molecule has 1 spiro atoms. The Morgan fingerprint density at radius 3 is 1.59 bits per heavy atom. The molecule has 4 bridgehead atoms. The molecule has 0 saturated heterocycles. The van der Waals surface area contributed by atoms with Crippen molar-refractivity contribution in [1.29, 1.82) is 0 Å². The molecule has 1 heterocycles. The van der Waals surface area contributed by atoms with Crippen LogP contribution in [-0.4, -0.2) is 9.97 Å². The quantitative estimate of drug-likeness (QED) is 0.177. The van der Waals surface area contributed by atoms with E-state index in [0.29, 0.717) is 0 Å². The van der Waals surface area contributed by atoms with Crippen molar-refractivity contribution in [3.63, 3.8) is 0 Å². The zero-order chi connectivity index (χ0) is 36.8. The lowest BCUT2D eigenvalue weighted by molar-refractivity contribution is -0.0398. The molecule has 2 heteroatoms. The van der Waals surface area contributed by atoms with Gasteiger partial charge in [-0.3, -0.25) is 0 Å². The van der Waals surface area contributed by atoms with Gasteiger partial charge in [-0.15, -0.1) is 0 Å². The van der Waals surface area contributed by atoms with Gasteiger partial charge in [-0.1, -0.05) is 140 Å². The van der Waals surface area contributed by atoms with Crippen LogP contribution in [0.1, 0.15) is 43.2 Å². The first-order chi connectivity index (χ1) is 27.7. The third-order valence-corrected chi connectivity index (χ3v) is 14.0. The molecule has 1 aromatic heterocycles. The lowest BCUT2D eigenvalue weighted by Crippen LogP contribution is -2.55. The second kappa shape index (κ2) is 12.4. The molecule has 56 heavy (non-hydrogen) atoms. The van der Waals surface area contributed by atoms with Gasteiger partial charge >= 0.3 is 0 Å². The summed E-state index contributed by atoms with van der Waals surface area (Å²) in [4.78, 5) is 10.4. The highest BCUT2D eigenvalue weighted by Gasteiger charge is 2.61. The fourth-order valence-electron chi connectivity index (χ4n) is 12.0. The van der Waals surface area contributed by atoms with Crippen LogP contribution in [0.5, 0.6) is 0 Å². The van der Waals surface area contributed by atoms with E-state index in [1.54, 1.807) is 11.1 Å². The van der Waals surface area contributed by atoms with Gasteiger partial charge in [0.15, 0.2) is 5.82 Å². The van der Waals surface area contributed by atoms with Crippen molar-refractivity contribution in [3.8, 4) is 67.3 Å². The molecule has 8 aromatic rings. The van der Waals surface area contributed by atoms with E-state index in [4.69, 9.17) is 9.97 Å². The molecular formula is C54H42N2. The Labute approximate surface area is 329 Å². The van der Waals surface area contributed by atoms with E-state index >= 15 is 0 Å². The molecule has 0 atom stereocenters. The van der Waals surface area contributed by atoms with E-state index < -0.39 is 0 Å². The highest BCUT2D eigenvalue weighted by Crippen LogP contribution is 2.70. The molecule has 2 nitrogen and oxygen atoms in total. The minimum absolute atomic E-state index is 0.107. The van der Waals surface area contributed by atoms with Gasteiger partial charge in [0, 0.05) is 22.1 Å². The van der Waals surface area contributed by atoms with Crippen LogP contribution in [0.4, 0.5) is 0 Å². The summed E-state index contributed by atoms with van der Waals surface area (Å²) in [7, 11) is 0. The van der Waals surface area contributed by atoms with Gasteiger partial charge in [0.1, 0.15) is 0 Å². The summed E-state index contributed by atoms with van der Waals surface area (Å²) in [5.74, 6) is 4.00. The molecule has 5 aliphatic carbocycles. The van der Waals surface area contributed by atoms with Gasteiger partial charge in [-0.25, -0.2) is 9.97 Å². The number of hydrogen-bond acceptors (Lipinski definition) is 2. The number of nitrogens with zero attached hydrogens (tertiary/aromatic N) is 2. The van der Waals surface area contributed by atoms with Crippen LogP contribution in [0.25, 0.3) is 78.1 Å². The Balaban J connectivity index is 1.03. The normalized spacial score (nSPS) is 22.7. The zero-order valence-electron chi connectivity index (χ0n) is 31.4. The molecule has 268 valence electrons. The van der Waals surface area contributed by atoms with E-state index in [-0.39, 0.29) is 5.41 Å². The van der Waals surface area contributed by atoms with Crippen molar-refractivity contribution in [2.75, 3.05) is 0 Å². The molecule has 0 unspecified atom stereocenters. The minimum atomic E-state index is 0.107. The SMILES string of the molecule is c1ccc(-c2cccc(-c3cc(-c4cccc(-c5cccc6c5-c5cc7ccccc7cc5C65C6CC7CC(C6)CC5C7)c4)nc(-c4ccccc4)n3)c2)cc1. The molecule has 0 N–H and O–H groups in total. The van der Waals surface area contributed by atoms with Gasteiger partial charge in [-0.05, 0) is 141 Å². The lowest BCUT2D eigenvalue weighted by atomic mass is 9.43. The van der Waals surface area contributed by atoms with Crippen molar-refractivity contribution in [2.24, 2.45) is 23.7 Å². The van der Waals surface area contributed by atoms with Crippen molar-refractivity contribution < 1.29 is 0 Å². The Morgan fingerprint density at radius 2 is 0.911 bits per heavy atom. The standard InChI is InChI=1S/C54H42N2/c1-3-12-36(13-4-1)38-18-9-20-42(29-38)50-33-51(56-53(55-50)37-14-5-2-6-15-37)43-21-10-19-41(30-43)46-22-11-23-48-52(46)47-31-39-16-7-8-17-40(39)32-49(47)54(48)44-25-34-24-35(27-44)28-45(54)26-34/h1-23,29-35,44-45H,24-28H2. The highest BCUT2D eigenvalue weighted by molar-refractivity contribution is 5.99. The van der Waals surface area contributed by atoms with Crippen molar-refractivity contribution in [1.82, 2.24) is 9.97 Å². The van der Waals surface area contributed by atoms with Gasteiger partial charge in [-0.2, -0.15) is 0 Å². The number of hydrogen-bond donors (Lipinski definition) is 0. The Bertz CT molecular complexity index is 2790. The summed E-state index contributed by atoms with van der Waals surface area (Å²) in [6.07, 6.45) is 6.99. The van der Waals surface area contributed by atoms with Crippen LogP contribution >= 0.6 is 0 Å². The van der Waals surface area contributed by atoms with Crippen LogP contribution in [-0.2, 0) is 5.41 Å². The molecular weight excluding hydrogens is 677 g/mol. The highest BCUT2D eigenvalue weighted by atomic mass is 14.9. The predicted octanol–water partition coefficient (Wildman–Crippen LogP) is 13.7. The van der Waals surface area contributed by atoms with Gasteiger partial charge in [0.25, 0.3) is 0 Å². The Kier molecular flexibility index (Phi) is 7.15. The summed E-state index contributed by atoms with van der Waals surface area (Å²) in [6, 6.07) is 62.4. The van der Waals surface area contributed by atoms with Crippen LogP contribution in [0.3, 0.4) is 0 Å². The summed E-state index contributed by atoms with van der Waals surface area (Å²) in [6.45, 7) is 0. The molecule has 0 radical (unpaired) electrons. The topological polar surface area (TPSA) is 25.8 Å². The molecule has 4 fully saturated rings. The van der Waals surface area contributed by atoms with Crippen LogP contribution in [0.2, 0.25) is 0 Å². The number of benzene rings is 7. The third-order valence-electron chi connectivity index (χ3n) is 14.0. The van der Waals surface area contributed by atoms with Crippen molar-refractivity contribution in [3.05, 3.63) is 181 Å². The molecule has 0 aliphatic heterocycles. The average molecular weight is 719 g/mol. The molecule has 7 aromatic carbocycles. The predicted molar refractivity (Wildman–Crippen MR) is 230 cm³/mol. The maximum atomic E-state index is 5.26. The summed E-state index contributed by atoms with van der Waals surface area (Å²) >= 11 is 0. The van der Waals surface area contributed by atoms with Crippen LogP contribution in [0, 0.1) is 23.7 Å². The third kappa shape index (κ3) is 4.88. The fourth-order valence-corrected chi connectivity index (χ4v) is 12.0. The molecule has 4 saturated carbocycles. The summed E-state index contributed by atoms with van der Waals surface area (Å²) in [5.41, 5.74) is 16.2. The van der Waals surface area contributed by atoms with E-state index in [1.165, 1.54) is 76.3 Å². The molecule has 13 rings (SSSR count). The van der Waals surface area contributed by atoms with Crippen molar-refractivity contribution in [2.45, 2.75) is 37.5 Å². The second-order valence-corrected chi connectivity index (χ2v) is 17.0. The van der Waals surface area contributed by atoms with E-state index in [9.17, 15) is 0 Å². The minimum Gasteiger partial charge on any atom is -0.228 e. The Hall–Kier alpha value is -6.12. The van der Waals surface area contributed by atoms with Crippen LogP contribution < -0.4 is 0 Å². The zero-order valence-corrected chi connectivity index (χ0v) is 31.4. The maximum absolute atomic E-state index is 5.26. The van der Waals surface area contributed by atoms with Gasteiger partial charge < -0.3 is 0 Å². The maximum Gasteiger partial charge on any atom is 0.160 e. The first-order valence-electron chi connectivity index (χ1n) is 20.6. The average Bonchev–Trinajstić information content (AvgIpc) is 3.54. The monoisotopic (exact) mass is 718 g/mol. The van der Waals surface area contributed by atoms with Crippen LogP contribution in [0.15, 0.2) is 170 Å². The van der Waals surface area contributed by atoms with E-state index in [1.807, 2.05) is 6.07 Å². The first kappa shape index (κ1) is 32.2. The fraction of sp³-hybridized carbons (Fsp3) is 0.185. The number of fused-ring (bicyclic) bond motifs is 4. The lowest BCUT2D eigenvalue weighted by Gasteiger charge is -2.61. The van der Waals surface area contributed by atoms with Crippen molar-refractivity contribution >= 4 is 10.8 Å². The Morgan fingerprint density at radius 1 is 0.375 bits per heavy atom. The smallest absolute Gasteiger partial charge is 0.160 e. The molecule has 0 amide bonds. The summed E-state index contributed by atoms with van der Waals surface area (Å²) < 4.78 is 0. The first-order valence-corrected chi connectivity index (χ1v) is 20.6. The van der Waals surface area contributed by atoms with Gasteiger partial charge in [0.05, 0.1) is 11.4 Å². The second-order valence-electron chi connectivity index (χ2n) is 17.0. The number of rotatable bonds is 5. The molecule has 5 aliphatic rings. The van der Waals surface area contributed by atoms with Gasteiger partial charge in [0.2, 0.25) is 0 Å². The summed E-state index contributed by atoms with van der Waals surface area (Å²) in [5, 5.41) is 2.71. The van der Waals surface area contributed by atoms with E-state index in [2.05, 4.69) is 164 Å². The van der Waals surface area contributed by atoms with E-state index in [0.717, 1.165) is 57.6 Å². The number of aromatic nitrogens is 2. The largest absolute Gasteiger partial charge is 0.228 e.